The van der Waals surface area contributed by atoms with Crippen LogP contribution in [-0.4, -0.2) is 44.5 Å². The summed E-state index contributed by atoms with van der Waals surface area (Å²) in [6.07, 6.45) is 3.04. The Balaban J connectivity index is 2.05. The van der Waals surface area contributed by atoms with Gasteiger partial charge in [-0.15, -0.1) is 10.2 Å². The smallest absolute Gasteiger partial charge is 0.295 e. The molecule has 0 saturated carbocycles. The molecule has 6 nitrogen and oxygen atoms in total. The van der Waals surface area contributed by atoms with Crippen LogP contribution in [0.1, 0.15) is 37.8 Å². The zero-order valence-electron chi connectivity index (χ0n) is 10.4. The maximum atomic E-state index is 11.9. The van der Waals surface area contributed by atoms with Crippen molar-refractivity contribution >= 4 is 5.91 Å². The van der Waals surface area contributed by atoms with Crippen LogP contribution >= 0.6 is 0 Å². The van der Waals surface area contributed by atoms with E-state index in [9.17, 15) is 4.79 Å². The van der Waals surface area contributed by atoms with E-state index in [1.54, 1.807) is 4.90 Å². The molecule has 0 aliphatic carbocycles. The van der Waals surface area contributed by atoms with Crippen molar-refractivity contribution in [3.63, 3.8) is 0 Å². The van der Waals surface area contributed by atoms with Crippen molar-refractivity contribution in [2.45, 2.75) is 27.2 Å². The summed E-state index contributed by atoms with van der Waals surface area (Å²) in [4.78, 5) is 13.7. The van der Waals surface area contributed by atoms with Crippen LogP contribution in [0.25, 0.3) is 0 Å². The number of nitrogens with zero attached hydrogens (tertiary/aromatic N) is 4. The summed E-state index contributed by atoms with van der Waals surface area (Å²) in [6.45, 7) is 7.91. The number of rotatable bonds is 1. The standard InChI is InChI=1S/C11H17N5O/c1-11(2,3)8-4-6-16(7-5-8)10(17)9-12-14-15-13-9/h4H,5-7H2,1-3H3,(H,12,13,14,15). The predicted molar refractivity (Wildman–Crippen MR) is 62.2 cm³/mol. The fourth-order valence-corrected chi connectivity index (χ4v) is 1.93. The highest BCUT2D eigenvalue weighted by Crippen LogP contribution is 2.30. The number of carbonyl (C=O) groups is 1. The maximum Gasteiger partial charge on any atom is 0.295 e. The number of H-pyrrole nitrogens is 1. The lowest BCUT2D eigenvalue weighted by Gasteiger charge is -2.31. The molecule has 17 heavy (non-hydrogen) atoms. The third-order valence-corrected chi connectivity index (χ3v) is 3.00. The molecule has 0 atom stereocenters. The lowest BCUT2D eigenvalue weighted by atomic mass is 9.83. The topological polar surface area (TPSA) is 74.8 Å². The number of hydrogen-bond donors (Lipinski definition) is 1. The highest BCUT2D eigenvalue weighted by molar-refractivity contribution is 5.90. The van der Waals surface area contributed by atoms with Gasteiger partial charge >= 0.3 is 0 Å². The van der Waals surface area contributed by atoms with Gasteiger partial charge < -0.3 is 4.90 Å². The van der Waals surface area contributed by atoms with Gasteiger partial charge in [-0.1, -0.05) is 32.4 Å². The quantitative estimate of drug-likeness (QED) is 0.737. The number of carbonyl (C=O) groups excluding carboxylic acids is 1. The summed E-state index contributed by atoms with van der Waals surface area (Å²) < 4.78 is 0. The van der Waals surface area contributed by atoms with E-state index in [4.69, 9.17) is 0 Å². The maximum absolute atomic E-state index is 11.9. The Hall–Kier alpha value is -1.72. The first-order valence-electron chi connectivity index (χ1n) is 5.71. The second-order valence-electron chi connectivity index (χ2n) is 5.22. The molecule has 0 aromatic carbocycles. The molecular formula is C11H17N5O. The fourth-order valence-electron chi connectivity index (χ4n) is 1.93. The Morgan fingerprint density at radius 3 is 2.71 bits per heavy atom. The summed E-state index contributed by atoms with van der Waals surface area (Å²) in [7, 11) is 0. The number of aromatic amines is 1. The highest BCUT2D eigenvalue weighted by atomic mass is 16.2. The molecular weight excluding hydrogens is 218 g/mol. The minimum absolute atomic E-state index is 0.137. The van der Waals surface area contributed by atoms with Gasteiger partial charge in [0.25, 0.3) is 11.7 Å². The molecule has 0 spiro atoms. The predicted octanol–water partition coefficient (Wildman–Crippen LogP) is 1.02. The molecule has 1 amide bonds. The molecule has 92 valence electrons. The van der Waals surface area contributed by atoms with Crippen LogP contribution in [0.2, 0.25) is 0 Å². The van der Waals surface area contributed by atoms with Crippen LogP contribution in [0.4, 0.5) is 0 Å². The van der Waals surface area contributed by atoms with Gasteiger partial charge in [0.1, 0.15) is 0 Å². The van der Waals surface area contributed by atoms with Crippen LogP contribution in [0.5, 0.6) is 0 Å². The van der Waals surface area contributed by atoms with Gasteiger partial charge in [0.15, 0.2) is 0 Å². The van der Waals surface area contributed by atoms with Gasteiger partial charge in [-0.25, -0.2) is 0 Å². The summed E-state index contributed by atoms with van der Waals surface area (Å²) in [5.74, 6) is -0.0273. The van der Waals surface area contributed by atoms with Crippen molar-refractivity contribution in [1.29, 1.82) is 0 Å². The lowest BCUT2D eigenvalue weighted by molar-refractivity contribution is 0.0753. The molecule has 2 rings (SSSR count). The number of nitrogens with one attached hydrogen (secondary N) is 1. The van der Waals surface area contributed by atoms with E-state index >= 15 is 0 Å². The first-order valence-corrected chi connectivity index (χ1v) is 5.71. The van der Waals surface area contributed by atoms with E-state index in [2.05, 4.69) is 47.5 Å². The van der Waals surface area contributed by atoms with E-state index < -0.39 is 0 Å². The number of tetrazole rings is 1. The van der Waals surface area contributed by atoms with E-state index in [1.165, 1.54) is 5.57 Å². The third-order valence-electron chi connectivity index (χ3n) is 3.00. The molecule has 0 unspecified atom stereocenters. The fraction of sp³-hybridized carbons (Fsp3) is 0.636. The van der Waals surface area contributed by atoms with Crippen molar-refractivity contribution in [3.05, 3.63) is 17.5 Å². The van der Waals surface area contributed by atoms with E-state index in [1.807, 2.05) is 0 Å². The average molecular weight is 235 g/mol. The lowest BCUT2D eigenvalue weighted by Crippen LogP contribution is -2.37. The second-order valence-corrected chi connectivity index (χ2v) is 5.22. The van der Waals surface area contributed by atoms with Crippen molar-refractivity contribution < 1.29 is 4.79 Å². The minimum atomic E-state index is -0.164. The molecule has 0 fully saturated rings. The normalized spacial score (nSPS) is 16.9. The number of amides is 1. The Morgan fingerprint density at radius 1 is 1.47 bits per heavy atom. The molecule has 6 heteroatoms. The van der Waals surface area contributed by atoms with E-state index in [-0.39, 0.29) is 17.1 Å². The Labute approximate surface area is 100 Å². The first kappa shape index (κ1) is 11.8. The number of aromatic nitrogens is 4. The summed E-state index contributed by atoms with van der Waals surface area (Å²) in [5.41, 5.74) is 1.58. The number of hydrogen-bond acceptors (Lipinski definition) is 4. The van der Waals surface area contributed by atoms with Crippen molar-refractivity contribution in [2.24, 2.45) is 5.41 Å². The molecule has 1 N–H and O–H groups in total. The van der Waals surface area contributed by atoms with Crippen molar-refractivity contribution in [2.75, 3.05) is 13.1 Å². The Morgan fingerprint density at radius 2 is 2.24 bits per heavy atom. The second kappa shape index (κ2) is 4.27. The third kappa shape index (κ3) is 2.51. The van der Waals surface area contributed by atoms with E-state index in [0.717, 1.165) is 13.0 Å². The van der Waals surface area contributed by atoms with Crippen molar-refractivity contribution in [1.82, 2.24) is 25.5 Å². The van der Waals surface area contributed by atoms with Crippen LogP contribution in [0.15, 0.2) is 11.6 Å². The molecule has 0 radical (unpaired) electrons. The largest absolute Gasteiger partial charge is 0.332 e. The first-order chi connectivity index (χ1) is 7.98. The van der Waals surface area contributed by atoms with Gasteiger partial charge in [0.05, 0.1) is 0 Å². The Bertz CT molecular complexity index is 429. The van der Waals surface area contributed by atoms with E-state index in [0.29, 0.717) is 6.54 Å². The molecule has 0 bridgehead atoms. The molecule has 1 aliphatic rings. The Kier molecular flexibility index (Phi) is 2.95. The molecule has 1 aromatic heterocycles. The summed E-state index contributed by atoms with van der Waals surface area (Å²) in [6, 6.07) is 0. The minimum Gasteiger partial charge on any atom is -0.332 e. The van der Waals surface area contributed by atoms with Crippen LogP contribution in [0.3, 0.4) is 0 Å². The van der Waals surface area contributed by atoms with Gasteiger partial charge in [-0.05, 0) is 17.0 Å². The van der Waals surface area contributed by atoms with Gasteiger partial charge in [-0.3, -0.25) is 4.79 Å². The SMILES string of the molecule is CC(C)(C)C1=CCN(C(=O)c2nn[nH]n2)CC1. The van der Waals surface area contributed by atoms with Crippen LogP contribution in [0, 0.1) is 5.41 Å². The monoisotopic (exact) mass is 235 g/mol. The summed E-state index contributed by atoms with van der Waals surface area (Å²) >= 11 is 0. The zero-order valence-corrected chi connectivity index (χ0v) is 10.4. The van der Waals surface area contributed by atoms with Gasteiger partial charge in [-0.2, -0.15) is 5.21 Å². The molecule has 0 saturated heterocycles. The zero-order chi connectivity index (χ0) is 12.5. The molecule has 1 aromatic rings. The van der Waals surface area contributed by atoms with Gasteiger partial charge in [0.2, 0.25) is 0 Å². The van der Waals surface area contributed by atoms with Crippen molar-refractivity contribution in [3.8, 4) is 0 Å². The summed E-state index contributed by atoms with van der Waals surface area (Å²) in [5, 5.41) is 13.1. The molecule has 2 heterocycles. The molecule has 1 aliphatic heterocycles. The highest BCUT2D eigenvalue weighted by Gasteiger charge is 2.25. The van der Waals surface area contributed by atoms with Crippen LogP contribution in [-0.2, 0) is 0 Å². The average Bonchev–Trinajstić information content (AvgIpc) is 2.80. The van der Waals surface area contributed by atoms with Gasteiger partial charge in [0, 0.05) is 13.1 Å². The van der Waals surface area contributed by atoms with Crippen LogP contribution < -0.4 is 0 Å².